The van der Waals surface area contributed by atoms with Gasteiger partial charge in [0, 0.05) is 34.8 Å². The molecule has 0 spiro atoms. The monoisotopic (exact) mass is 419 g/mol. The Hall–Kier alpha value is -3.54. The van der Waals surface area contributed by atoms with Gasteiger partial charge in [-0.1, -0.05) is 18.2 Å². The van der Waals surface area contributed by atoms with Crippen LogP contribution in [0.4, 0.5) is 0 Å². The van der Waals surface area contributed by atoms with Gasteiger partial charge in [0.1, 0.15) is 11.5 Å². The van der Waals surface area contributed by atoms with E-state index in [9.17, 15) is 9.59 Å². The first kappa shape index (κ1) is 20.7. The summed E-state index contributed by atoms with van der Waals surface area (Å²) < 4.78 is 18.8. The van der Waals surface area contributed by atoms with Crippen LogP contribution in [0, 0.1) is 6.92 Å². The highest BCUT2D eigenvalue weighted by molar-refractivity contribution is 6.15. The molecule has 3 aromatic rings. The summed E-state index contributed by atoms with van der Waals surface area (Å²) >= 11 is 0. The Morgan fingerprint density at radius 2 is 1.97 bits per heavy atom. The number of aromatic nitrogens is 1. The first-order valence-electron chi connectivity index (χ1n) is 10.4. The molecule has 1 aliphatic rings. The molecule has 0 radical (unpaired) electrons. The van der Waals surface area contributed by atoms with Crippen molar-refractivity contribution in [1.29, 1.82) is 0 Å². The van der Waals surface area contributed by atoms with Crippen LogP contribution in [0.2, 0.25) is 0 Å². The Morgan fingerprint density at radius 3 is 2.71 bits per heavy atom. The second-order valence-electron chi connectivity index (χ2n) is 7.72. The van der Waals surface area contributed by atoms with Crippen LogP contribution in [0.1, 0.15) is 42.3 Å². The molecular formula is C25H25NO5. The Morgan fingerprint density at radius 1 is 1.19 bits per heavy atom. The van der Waals surface area contributed by atoms with Crippen LogP contribution < -0.4 is 9.47 Å². The predicted molar refractivity (Wildman–Crippen MR) is 118 cm³/mol. The lowest BCUT2D eigenvalue weighted by atomic mass is 10.1. The van der Waals surface area contributed by atoms with E-state index in [4.69, 9.17) is 14.2 Å². The molecule has 160 valence electrons. The van der Waals surface area contributed by atoms with Crippen LogP contribution in [0.3, 0.4) is 0 Å². The Labute approximate surface area is 181 Å². The lowest BCUT2D eigenvalue weighted by Gasteiger charge is -2.12. The van der Waals surface area contributed by atoms with Gasteiger partial charge >= 0.3 is 5.97 Å². The number of carbonyl (C=O) groups is 2. The first-order valence-corrected chi connectivity index (χ1v) is 10.4. The number of aryl methyl sites for hydroxylation is 1. The number of ether oxygens (including phenoxy) is 3. The normalized spacial score (nSPS) is 14.2. The summed E-state index contributed by atoms with van der Waals surface area (Å²) in [6, 6.07) is 11.4. The molecule has 6 nitrogen and oxygen atoms in total. The molecule has 0 N–H and O–H groups in total. The van der Waals surface area contributed by atoms with Crippen molar-refractivity contribution in [2.75, 3.05) is 6.61 Å². The van der Waals surface area contributed by atoms with E-state index in [1.54, 1.807) is 39.0 Å². The molecular weight excluding hydrogens is 394 g/mol. The standard InChI is InChI=1S/C25H25NO5/c1-5-26-13-17(18-8-6-7-9-20(18)26)12-22-24(28)19-10-11-21(16(4)25(19)31-22)29-14-23(27)30-15(2)3/h6-13,15H,5,14H2,1-4H3/b22-12+. The lowest BCUT2D eigenvalue weighted by Crippen LogP contribution is -2.19. The summed E-state index contributed by atoms with van der Waals surface area (Å²) in [6.45, 7) is 8.08. The maximum Gasteiger partial charge on any atom is 0.344 e. The molecule has 2 aromatic carbocycles. The Bertz CT molecular complexity index is 1200. The van der Waals surface area contributed by atoms with E-state index in [0.29, 0.717) is 22.6 Å². The number of ketones is 1. The molecule has 0 saturated carbocycles. The molecule has 31 heavy (non-hydrogen) atoms. The number of carbonyl (C=O) groups excluding carboxylic acids is 2. The molecule has 4 rings (SSSR count). The number of rotatable bonds is 6. The van der Waals surface area contributed by atoms with Crippen LogP contribution in [0.25, 0.3) is 17.0 Å². The number of esters is 1. The molecule has 0 saturated heterocycles. The van der Waals surface area contributed by atoms with Crippen LogP contribution >= 0.6 is 0 Å². The molecule has 0 unspecified atom stereocenters. The van der Waals surface area contributed by atoms with Crippen molar-refractivity contribution in [3.05, 3.63) is 65.0 Å². The fourth-order valence-electron chi connectivity index (χ4n) is 3.75. The van der Waals surface area contributed by atoms with Crippen molar-refractivity contribution in [1.82, 2.24) is 4.57 Å². The molecule has 0 amide bonds. The van der Waals surface area contributed by atoms with E-state index in [2.05, 4.69) is 17.6 Å². The van der Waals surface area contributed by atoms with Crippen molar-refractivity contribution in [3.8, 4) is 11.5 Å². The molecule has 2 heterocycles. The van der Waals surface area contributed by atoms with Crippen LogP contribution in [-0.2, 0) is 16.1 Å². The van der Waals surface area contributed by atoms with Gasteiger partial charge in [-0.3, -0.25) is 4.79 Å². The van der Waals surface area contributed by atoms with E-state index >= 15 is 0 Å². The third-order valence-corrected chi connectivity index (χ3v) is 5.20. The third-order valence-electron chi connectivity index (χ3n) is 5.20. The highest BCUT2D eigenvalue weighted by Crippen LogP contribution is 2.39. The number of allylic oxidation sites excluding steroid dienone is 1. The highest BCUT2D eigenvalue weighted by atomic mass is 16.6. The van der Waals surface area contributed by atoms with Crippen LogP contribution in [0.15, 0.2) is 48.4 Å². The minimum absolute atomic E-state index is 0.169. The topological polar surface area (TPSA) is 66.8 Å². The second-order valence-corrected chi connectivity index (χ2v) is 7.72. The van der Waals surface area contributed by atoms with E-state index in [1.807, 2.05) is 24.4 Å². The fraction of sp³-hybridized carbons (Fsp3) is 0.280. The maximum atomic E-state index is 12.9. The molecule has 1 aromatic heterocycles. The summed E-state index contributed by atoms with van der Waals surface area (Å²) in [5, 5.41) is 1.06. The highest BCUT2D eigenvalue weighted by Gasteiger charge is 2.30. The SMILES string of the molecule is CCn1cc(/C=C2/Oc3c(ccc(OCC(=O)OC(C)C)c3C)C2=O)c2ccccc21. The average Bonchev–Trinajstić information content (AvgIpc) is 3.26. The molecule has 1 aliphatic heterocycles. The zero-order chi connectivity index (χ0) is 22.1. The largest absolute Gasteiger partial charge is 0.481 e. The first-order chi connectivity index (χ1) is 14.9. The third kappa shape index (κ3) is 3.93. The van der Waals surface area contributed by atoms with Crippen LogP contribution in [0.5, 0.6) is 11.5 Å². The van der Waals surface area contributed by atoms with Gasteiger partial charge in [-0.15, -0.1) is 0 Å². The van der Waals surface area contributed by atoms with E-state index < -0.39 is 5.97 Å². The van der Waals surface area contributed by atoms with Crippen molar-refractivity contribution in [2.45, 2.75) is 40.3 Å². The van der Waals surface area contributed by atoms with E-state index in [-0.39, 0.29) is 24.3 Å². The van der Waals surface area contributed by atoms with Gasteiger partial charge in [0.2, 0.25) is 5.78 Å². The van der Waals surface area contributed by atoms with Gasteiger partial charge in [0.25, 0.3) is 0 Å². The van der Waals surface area contributed by atoms with Gasteiger partial charge in [-0.25, -0.2) is 4.79 Å². The molecule has 0 bridgehead atoms. The number of nitrogens with zero attached hydrogens (tertiary/aromatic N) is 1. The van der Waals surface area contributed by atoms with Gasteiger partial charge < -0.3 is 18.8 Å². The zero-order valence-corrected chi connectivity index (χ0v) is 18.1. The van der Waals surface area contributed by atoms with E-state index in [0.717, 1.165) is 23.0 Å². The van der Waals surface area contributed by atoms with Crippen molar-refractivity contribution >= 4 is 28.7 Å². The summed E-state index contributed by atoms with van der Waals surface area (Å²) in [4.78, 5) is 24.7. The molecule has 6 heteroatoms. The fourth-order valence-corrected chi connectivity index (χ4v) is 3.75. The quantitative estimate of drug-likeness (QED) is 0.419. The Balaban J connectivity index is 1.61. The lowest BCUT2D eigenvalue weighted by molar-refractivity contribution is -0.149. The summed E-state index contributed by atoms with van der Waals surface area (Å²) in [6.07, 6.45) is 3.61. The minimum Gasteiger partial charge on any atom is -0.481 e. The average molecular weight is 419 g/mol. The van der Waals surface area contributed by atoms with Gasteiger partial charge in [0.05, 0.1) is 11.7 Å². The smallest absolute Gasteiger partial charge is 0.344 e. The van der Waals surface area contributed by atoms with Crippen molar-refractivity contribution in [3.63, 3.8) is 0 Å². The van der Waals surface area contributed by atoms with Crippen molar-refractivity contribution in [2.24, 2.45) is 0 Å². The summed E-state index contributed by atoms with van der Waals surface area (Å²) in [5.74, 6) is 0.603. The van der Waals surface area contributed by atoms with Gasteiger partial charge in [-0.05, 0) is 52.0 Å². The molecule has 0 fully saturated rings. The zero-order valence-electron chi connectivity index (χ0n) is 18.1. The minimum atomic E-state index is -0.445. The van der Waals surface area contributed by atoms with E-state index in [1.165, 1.54) is 0 Å². The second kappa shape index (κ2) is 8.30. The summed E-state index contributed by atoms with van der Waals surface area (Å²) in [7, 11) is 0. The van der Waals surface area contributed by atoms with Crippen LogP contribution in [-0.4, -0.2) is 29.0 Å². The number of hydrogen-bond donors (Lipinski definition) is 0. The summed E-state index contributed by atoms with van der Waals surface area (Å²) in [5.41, 5.74) is 3.20. The maximum absolute atomic E-state index is 12.9. The van der Waals surface area contributed by atoms with Crippen molar-refractivity contribution < 1.29 is 23.8 Å². The number of fused-ring (bicyclic) bond motifs is 2. The number of Topliss-reactive ketones (excluding diaryl/α,β-unsaturated/α-hetero) is 1. The molecule has 0 atom stereocenters. The number of benzene rings is 2. The number of hydrogen-bond acceptors (Lipinski definition) is 5. The Kier molecular flexibility index (Phi) is 5.55. The predicted octanol–water partition coefficient (Wildman–Crippen LogP) is 4.92. The molecule has 0 aliphatic carbocycles. The van der Waals surface area contributed by atoms with Gasteiger partial charge in [0.15, 0.2) is 12.4 Å². The van der Waals surface area contributed by atoms with Gasteiger partial charge in [-0.2, -0.15) is 0 Å². The number of para-hydroxylation sites is 1.